The zero-order valence-electron chi connectivity index (χ0n) is 16.4. The summed E-state index contributed by atoms with van der Waals surface area (Å²) < 4.78 is 5.61. The first kappa shape index (κ1) is 20.4. The molecule has 2 N–H and O–H groups in total. The zero-order valence-corrected chi connectivity index (χ0v) is 17.3. The number of nitriles is 2. The number of benzene rings is 1. The van der Waals surface area contributed by atoms with E-state index in [2.05, 4.69) is 47.8 Å². The lowest BCUT2D eigenvalue weighted by atomic mass is 10.1. The number of anilines is 3. The number of ether oxygens (including phenoxy) is 1. The van der Waals surface area contributed by atoms with Gasteiger partial charge in [-0.1, -0.05) is 6.92 Å². The molecule has 0 aliphatic heterocycles. The van der Waals surface area contributed by atoms with Crippen LogP contribution in [0.15, 0.2) is 12.1 Å². The monoisotopic (exact) mass is 383 g/mol. The molecule has 1 aromatic heterocycles. The molecule has 27 heavy (non-hydrogen) atoms. The Bertz CT molecular complexity index is 891. The van der Waals surface area contributed by atoms with Crippen LogP contribution in [0.3, 0.4) is 0 Å². The summed E-state index contributed by atoms with van der Waals surface area (Å²) in [5.41, 5.74) is 10.4. The Labute approximate surface area is 165 Å². The van der Waals surface area contributed by atoms with Crippen molar-refractivity contribution in [3.63, 3.8) is 0 Å². The van der Waals surface area contributed by atoms with Gasteiger partial charge < -0.3 is 9.64 Å². The Kier molecular flexibility index (Phi) is 6.92. The molecule has 0 fully saturated rings. The average Bonchev–Trinajstić information content (AvgIpc) is 2.99. The van der Waals surface area contributed by atoms with Gasteiger partial charge in [0.1, 0.15) is 27.8 Å². The summed E-state index contributed by atoms with van der Waals surface area (Å²) >= 11 is 1.27. The summed E-state index contributed by atoms with van der Waals surface area (Å²) in [6.07, 6.45) is 1.06. The number of rotatable bonds is 8. The van der Waals surface area contributed by atoms with Crippen LogP contribution in [0.2, 0.25) is 0 Å². The van der Waals surface area contributed by atoms with Gasteiger partial charge in [-0.3, -0.25) is 10.9 Å². The maximum atomic E-state index is 9.37. The summed E-state index contributed by atoms with van der Waals surface area (Å²) in [5, 5.41) is 19.2. The lowest BCUT2D eigenvalue weighted by Gasteiger charge is -2.26. The highest BCUT2D eigenvalue weighted by molar-refractivity contribution is 7.17. The number of hydrogen-bond acceptors (Lipinski definition) is 7. The number of methoxy groups -OCH3 is 1. The third-order valence-corrected chi connectivity index (χ3v) is 5.52. The molecule has 1 aromatic carbocycles. The van der Waals surface area contributed by atoms with Crippen LogP contribution < -0.4 is 20.5 Å². The van der Waals surface area contributed by atoms with Gasteiger partial charge in [0, 0.05) is 19.2 Å². The third-order valence-electron chi connectivity index (χ3n) is 4.41. The van der Waals surface area contributed by atoms with Crippen molar-refractivity contribution in [2.45, 2.75) is 34.1 Å². The SMILES string of the molecule is CCCN(CC)c1cc(C)c(NNc2sc(C#N)c(C)c2C#N)cc1OC. The van der Waals surface area contributed by atoms with E-state index < -0.39 is 0 Å². The summed E-state index contributed by atoms with van der Waals surface area (Å²) in [6, 6.07) is 8.35. The fraction of sp³-hybridized carbons (Fsp3) is 0.400. The summed E-state index contributed by atoms with van der Waals surface area (Å²) in [6.45, 7) is 9.98. The van der Waals surface area contributed by atoms with Crippen LogP contribution in [0.1, 0.15) is 41.8 Å². The molecule has 2 aromatic rings. The van der Waals surface area contributed by atoms with E-state index in [-0.39, 0.29) is 0 Å². The Morgan fingerprint density at radius 1 is 1.15 bits per heavy atom. The zero-order chi connectivity index (χ0) is 20.0. The van der Waals surface area contributed by atoms with Crippen LogP contribution in [-0.2, 0) is 0 Å². The molecule has 0 radical (unpaired) electrons. The Balaban J connectivity index is 2.31. The van der Waals surface area contributed by atoms with E-state index in [1.54, 1.807) is 14.0 Å². The predicted octanol–water partition coefficient (Wildman–Crippen LogP) is 4.79. The molecule has 1 heterocycles. The highest BCUT2D eigenvalue weighted by Gasteiger charge is 2.16. The second kappa shape index (κ2) is 9.16. The summed E-state index contributed by atoms with van der Waals surface area (Å²) in [7, 11) is 1.67. The Hall–Kier alpha value is -2.90. The largest absolute Gasteiger partial charge is 0.495 e. The van der Waals surface area contributed by atoms with Gasteiger partial charge >= 0.3 is 0 Å². The Morgan fingerprint density at radius 2 is 1.89 bits per heavy atom. The van der Waals surface area contributed by atoms with Crippen molar-refractivity contribution >= 4 is 27.7 Å². The number of thiophene rings is 1. The minimum atomic E-state index is 0.491. The molecule has 0 unspecified atom stereocenters. The molecule has 0 bridgehead atoms. The van der Waals surface area contributed by atoms with Crippen molar-refractivity contribution in [2.75, 3.05) is 36.0 Å². The Morgan fingerprint density at radius 3 is 2.44 bits per heavy atom. The molecule has 0 spiro atoms. The molecule has 142 valence electrons. The van der Waals surface area contributed by atoms with Gasteiger partial charge in [0.2, 0.25) is 0 Å². The standard InChI is InChI=1S/C20H25N5OS/c1-6-8-25(7-2)17-9-13(3)16(10-18(17)26-5)23-24-20-15(11-21)14(4)19(12-22)27-20/h9-10,23-24H,6-8H2,1-5H3. The fourth-order valence-corrected chi connectivity index (χ4v) is 3.81. The van der Waals surface area contributed by atoms with E-state index in [0.717, 1.165) is 42.2 Å². The van der Waals surface area contributed by atoms with Crippen LogP contribution in [0.25, 0.3) is 0 Å². The van der Waals surface area contributed by atoms with Crippen molar-refractivity contribution in [2.24, 2.45) is 0 Å². The number of hydrogen-bond donors (Lipinski definition) is 2. The molecule has 0 amide bonds. The topological polar surface area (TPSA) is 84.1 Å². The minimum absolute atomic E-state index is 0.491. The first-order valence-electron chi connectivity index (χ1n) is 8.89. The lowest BCUT2D eigenvalue weighted by Crippen LogP contribution is -2.24. The van der Waals surface area contributed by atoms with Gasteiger partial charge in [-0.25, -0.2) is 0 Å². The molecule has 0 atom stereocenters. The number of hydrazine groups is 1. The molecule has 6 nitrogen and oxygen atoms in total. The normalized spacial score (nSPS) is 10.0. The second-order valence-electron chi connectivity index (χ2n) is 6.15. The first-order chi connectivity index (χ1) is 13.0. The van der Waals surface area contributed by atoms with Crippen LogP contribution in [0.4, 0.5) is 16.4 Å². The number of nitrogens with zero attached hydrogens (tertiary/aromatic N) is 3. The van der Waals surface area contributed by atoms with Crippen molar-refractivity contribution in [3.05, 3.63) is 33.7 Å². The van der Waals surface area contributed by atoms with Crippen LogP contribution >= 0.6 is 11.3 Å². The van der Waals surface area contributed by atoms with Gasteiger partial charge in [-0.15, -0.1) is 11.3 Å². The van der Waals surface area contributed by atoms with Crippen LogP contribution in [-0.4, -0.2) is 20.2 Å². The molecule has 2 rings (SSSR count). The van der Waals surface area contributed by atoms with Crippen LogP contribution in [0.5, 0.6) is 5.75 Å². The highest BCUT2D eigenvalue weighted by Crippen LogP contribution is 2.35. The lowest BCUT2D eigenvalue weighted by molar-refractivity contribution is 0.414. The van der Waals surface area contributed by atoms with E-state index in [0.29, 0.717) is 21.0 Å². The van der Waals surface area contributed by atoms with E-state index in [9.17, 15) is 10.5 Å². The van der Waals surface area contributed by atoms with Gasteiger partial charge in [-0.05, 0) is 44.4 Å². The minimum Gasteiger partial charge on any atom is -0.495 e. The van der Waals surface area contributed by atoms with Gasteiger partial charge in [0.05, 0.1) is 24.0 Å². The highest BCUT2D eigenvalue weighted by atomic mass is 32.1. The van der Waals surface area contributed by atoms with Crippen molar-refractivity contribution in [3.8, 4) is 17.9 Å². The van der Waals surface area contributed by atoms with Crippen molar-refractivity contribution in [1.29, 1.82) is 10.5 Å². The molecule has 0 saturated heterocycles. The molecule has 0 saturated carbocycles. The van der Waals surface area contributed by atoms with E-state index >= 15 is 0 Å². The number of aryl methyl sites for hydroxylation is 1. The van der Waals surface area contributed by atoms with Crippen molar-refractivity contribution in [1.82, 2.24) is 0 Å². The molecule has 7 heteroatoms. The average molecular weight is 384 g/mol. The maximum Gasteiger partial charge on any atom is 0.144 e. The molecular weight excluding hydrogens is 358 g/mol. The maximum absolute atomic E-state index is 9.37. The molecular formula is C20H25N5OS. The van der Waals surface area contributed by atoms with Gasteiger partial charge in [0.25, 0.3) is 0 Å². The van der Waals surface area contributed by atoms with Gasteiger partial charge in [-0.2, -0.15) is 10.5 Å². The smallest absolute Gasteiger partial charge is 0.144 e. The van der Waals surface area contributed by atoms with E-state index in [1.165, 1.54) is 11.3 Å². The van der Waals surface area contributed by atoms with Crippen molar-refractivity contribution < 1.29 is 4.74 Å². The quantitative estimate of drug-likeness (QED) is 0.638. The summed E-state index contributed by atoms with van der Waals surface area (Å²) in [5.74, 6) is 0.792. The summed E-state index contributed by atoms with van der Waals surface area (Å²) in [4.78, 5) is 2.83. The van der Waals surface area contributed by atoms with E-state index in [1.807, 2.05) is 13.0 Å². The molecule has 0 aliphatic carbocycles. The third kappa shape index (κ3) is 4.27. The first-order valence-corrected chi connectivity index (χ1v) is 9.71. The second-order valence-corrected chi connectivity index (χ2v) is 7.17. The van der Waals surface area contributed by atoms with Crippen LogP contribution in [0, 0.1) is 36.5 Å². The number of nitrogens with one attached hydrogen (secondary N) is 2. The molecule has 0 aliphatic rings. The van der Waals surface area contributed by atoms with Gasteiger partial charge in [0.15, 0.2) is 0 Å². The predicted molar refractivity (Wildman–Crippen MR) is 112 cm³/mol. The van der Waals surface area contributed by atoms with E-state index in [4.69, 9.17) is 4.74 Å². The fourth-order valence-electron chi connectivity index (χ4n) is 2.90.